The highest BCUT2D eigenvalue weighted by Crippen LogP contribution is 2.22. The zero-order valence-corrected chi connectivity index (χ0v) is 45.3. The number of H-pyrrole nitrogens is 1. The van der Waals surface area contributed by atoms with Gasteiger partial charge in [-0.3, -0.25) is 30.2 Å². The second kappa shape index (κ2) is 26.1. The molecule has 0 radical (unpaired) electrons. The van der Waals surface area contributed by atoms with Crippen LogP contribution >= 0.6 is 34.8 Å². The Bertz CT molecular complexity index is 3290. The molecule has 6 heterocycles. The summed E-state index contributed by atoms with van der Waals surface area (Å²) in [6.07, 6.45) is 4.89. The molecule has 23 heteroatoms. The number of nitrogens with zero attached hydrogens (tertiary/aromatic N) is 9. The molecule has 6 aromatic heterocycles. The van der Waals surface area contributed by atoms with E-state index in [4.69, 9.17) is 44.3 Å². The standard InChI is InChI=1S/C26H28ClN7O3.C16H22N6O3.C10H7Cl2N.CH4/c1-15-8-23(32-25(36)37-26(3,4)5)31-16(2)20(15)12-29-24(35)22-13-30-34(33-22)14-17-6-7-21-18(9-17)10-19(27)11-28-21;1-9-6-13(20-15(24)25-16(3,4)5)19-10(2)11(9)7-17-14(23)12-8-18-22-21-12;11-5-7-1-2-10-8(3-7)4-9(12)6-13-10;/h6-11,13H,12,14H2,1-5H3,(H,29,35)(H,31,32,36);6,8H,7H2,1-5H3,(H,17,23)(H,18,21,22)(H,19,20,24);1-4,6H,5H2;1H4. The van der Waals surface area contributed by atoms with Gasteiger partial charge in [-0.2, -0.15) is 25.3 Å². The normalized spacial score (nSPS) is 11.0. The number of fused-ring (bicyclic) bond motifs is 2. The van der Waals surface area contributed by atoms with Gasteiger partial charge in [0.25, 0.3) is 11.8 Å². The lowest BCUT2D eigenvalue weighted by Gasteiger charge is -2.20. The van der Waals surface area contributed by atoms with E-state index in [1.165, 1.54) is 17.2 Å². The summed E-state index contributed by atoms with van der Waals surface area (Å²) >= 11 is 17.6. The highest BCUT2D eigenvalue weighted by atomic mass is 35.5. The first kappa shape index (κ1) is 59.1. The first-order valence-electron chi connectivity index (χ1n) is 23.3. The monoisotopic (exact) mass is 1090 g/mol. The fourth-order valence-corrected chi connectivity index (χ4v) is 7.65. The number of anilines is 2. The lowest BCUT2D eigenvalue weighted by atomic mass is 10.1. The van der Waals surface area contributed by atoms with Crippen LogP contribution in [0.4, 0.5) is 21.2 Å². The molecule has 0 aliphatic heterocycles. The van der Waals surface area contributed by atoms with Crippen molar-refractivity contribution in [2.75, 3.05) is 10.6 Å². The molecular weight excluding hydrogens is 1040 g/mol. The molecule has 8 aromatic rings. The highest BCUT2D eigenvalue weighted by molar-refractivity contribution is 6.31. The molecule has 2 aromatic carbocycles. The third-order valence-corrected chi connectivity index (χ3v) is 11.3. The maximum Gasteiger partial charge on any atom is 0.413 e. The Balaban J connectivity index is 0.000000234. The van der Waals surface area contributed by atoms with Crippen molar-refractivity contribution in [3.63, 3.8) is 0 Å². The number of aryl methyl sites for hydroxylation is 4. The van der Waals surface area contributed by atoms with Gasteiger partial charge in [0.1, 0.15) is 22.8 Å². The minimum atomic E-state index is -0.610. The van der Waals surface area contributed by atoms with Crippen molar-refractivity contribution in [1.82, 2.24) is 61.0 Å². The summed E-state index contributed by atoms with van der Waals surface area (Å²) in [7, 11) is 0. The first-order valence-corrected chi connectivity index (χ1v) is 24.6. The molecule has 5 N–H and O–H groups in total. The SMILES string of the molecule is C.Cc1cc(NC(=O)OC(C)(C)C)nc(C)c1CNC(=O)c1cn[nH]n1.Cc1cc(NC(=O)OC(C)(C)C)nc(C)c1CNC(=O)c1cnn(Cc2ccc3ncc(Cl)cc3c2)n1.ClCc1ccc2ncc(Cl)cc2c1. The highest BCUT2D eigenvalue weighted by Gasteiger charge is 2.20. The molecule has 0 atom stereocenters. The minimum absolute atomic E-state index is 0. The number of hydrogen-bond acceptors (Lipinski definition) is 14. The average molecular weight is 1100 g/mol. The number of pyridine rings is 4. The van der Waals surface area contributed by atoms with Gasteiger partial charge in [-0.05, 0) is 151 Å². The van der Waals surface area contributed by atoms with Gasteiger partial charge < -0.3 is 20.1 Å². The molecule has 76 heavy (non-hydrogen) atoms. The molecule has 0 saturated carbocycles. The molecule has 0 unspecified atom stereocenters. The van der Waals surface area contributed by atoms with Crippen molar-refractivity contribution in [1.29, 1.82) is 0 Å². The van der Waals surface area contributed by atoms with Crippen molar-refractivity contribution in [3.8, 4) is 0 Å². The molecule has 0 spiro atoms. The third kappa shape index (κ3) is 17.7. The van der Waals surface area contributed by atoms with E-state index in [0.29, 0.717) is 52.0 Å². The maximum atomic E-state index is 12.7. The Hall–Kier alpha value is -7.81. The van der Waals surface area contributed by atoms with E-state index >= 15 is 0 Å². The van der Waals surface area contributed by atoms with Crippen molar-refractivity contribution in [2.24, 2.45) is 0 Å². The van der Waals surface area contributed by atoms with Crippen LogP contribution in [0.1, 0.15) is 115 Å². The number of hydrogen-bond donors (Lipinski definition) is 5. The Morgan fingerprint density at radius 3 is 1.55 bits per heavy atom. The van der Waals surface area contributed by atoms with Gasteiger partial charge in [0.2, 0.25) is 0 Å². The quantitative estimate of drug-likeness (QED) is 0.0755. The van der Waals surface area contributed by atoms with E-state index < -0.39 is 23.4 Å². The summed E-state index contributed by atoms with van der Waals surface area (Å²) < 4.78 is 10.5. The molecule has 0 aliphatic carbocycles. The number of nitrogens with one attached hydrogen (secondary N) is 5. The average Bonchev–Trinajstić information content (AvgIpc) is 4.04. The van der Waals surface area contributed by atoms with Crippen molar-refractivity contribution in [3.05, 3.63) is 152 Å². The number of rotatable bonds is 11. The maximum absolute atomic E-state index is 12.7. The van der Waals surface area contributed by atoms with E-state index in [0.717, 1.165) is 55.2 Å². The van der Waals surface area contributed by atoms with Crippen LogP contribution in [0.25, 0.3) is 21.8 Å². The summed E-state index contributed by atoms with van der Waals surface area (Å²) in [5.74, 6) is 0.617. The molecule has 8 rings (SSSR count). The molecule has 400 valence electrons. The summed E-state index contributed by atoms with van der Waals surface area (Å²) in [6.45, 7) is 19.1. The third-order valence-electron chi connectivity index (χ3n) is 10.5. The van der Waals surface area contributed by atoms with Crippen molar-refractivity contribution in [2.45, 2.75) is 113 Å². The minimum Gasteiger partial charge on any atom is -0.444 e. The number of carbonyl (C=O) groups is 4. The molecular formula is C53H61Cl3N14O6. The summed E-state index contributed by atoms with van der Waals surface area (Å²) in [6, 6.07) is 18.9. The number of carbonyl (C=O) groups excluding carboxylic acids is 4. The number of aromatic nitrogens is 10. The van der Waals surface area contributed by atoms with Gasteiger partial charge in [0, 0.05) is 53.5 Å². The van der Waals surface area contributed by atoms with Crippen molar-refractivity contribution >= 4 is 92.2 Å². The van der Waals surface area contributed by atoms with E-state index in [-0.39, 0.29) is 37.2 Å². The van der Waals surface area contributed by atoms with Crippen LogP contribution < -0.4 is 21.3 Å². The molecule has 0 fully saturated rings. The fraction of sp³-hybridized carbons (Fsp3) is 0.321. The molecule has 0 saturated heterocycles. The van der Waals surface area contributed by atoms with Gasteiger partial charge >= 0.3 is 12.2 Å². The zero-order valence-electron chi connectivity index (χ0n) is 43.0. The van der Waals surface area contributed by atoms with Crippen LogP contribution in [-0.2, 0) is 35.0 Å². The zero-order chi connectivity index (χ0) is 54.6. The van der Waals surface area contributed by atoms with E-state index in [1.54, 1.807) is 66.1 Å². The van der Waals surface area contributed by atoms with Crippen LogP contribution in [-0.4, -0.2) is 85.5 Å². The van der Waals surface area contributed by atoms with Crippen LogP contribution in [0.3, 0.4) is 0 Å². The number of ether oxygens (including phenoxy) is 2. The molecule has 0 bridgehead atoms. The van der Waals surface area contributed by atoms with Crippen LogP contribution in [0.15, 0.2) is 85.5 Å². The lowest BCUT2D eigenvalue weighted by Crippen LogP contribution is -2.28. The van der Waals surface area contributed by atoms with Gasteiger partial charge in [-0.15, -0.1) is 16.7 Å². The molecule has 20 nitrogen and oxygen atoms in total. The van der Waals surface area contributed by atoms with E-state index in [2.05, 4.69) is 66.8 Å². The number of halogens is 3. The summed E-state index contributed by atoms with van der Waals surface area (Å²) in [5.41, 5.74) is 7.90. The van der Waals surface area contributed by atoms with Crippen LogP contribution in [0.5, 0.6) is 0 Å². The topological polar surface area (TPSA) is 259 Å². The number of amides is 4. The fourth-order valence-electron chi connectivity index (χ4n) is 7.16. The molecule has 0 aliphatic rings. The Morgan fingerprint density at radius 1 is 0.632 bits per heavy atom. The van der Waals surface area contributed by atoms with Crippen molar-refractivity contribution < 1.29 is 28.7 Å². The number of aromatic amines is 1. The summed E-state index contributed by atoms with van der Waals surface area (Å²) in [4.78, 5) is 67.2. The first-order chi connectivity index (χ1) is 35.4. The Morgan fingerprint density at radius 2 is 1.11 bits per heavy atom. The Kier molecular flexibility index (Phi) is 20.3. The Labute approximate surface area is 455 Å². The van der Waals surface area contributed by atoms with Gasteiger partial charge in [-0.1, -0.05) is 42.8 Å². The second-order valence-corrected chi connectivity index (χ2v) is 20.1. The van der Waals surface area contributed by atoms with Gasteiger partial charge in [0.15, 0.2) is 11.4 Å². The second-order valence-electron chi connectivity index (χ2n) is 19.0. The lowest BCUT2D eigenvalue weighted by molar-refractivity contribution is 0.0624. The van der Waals surface area contributed by atoms with E-state index in [1.807, 2.05) is 76.2 Å². The smallest absolute Gasteiger partial charge is 0.413 e. The van der Waals surface area contributed by atoms with E-state index in [9.17, 15) is 19.2 Å². The van der Waals surface area contributed by atoms with Gasteiger partial charge in [0.05, 0.1) is 40.0 Å². The number of alkyl halides is 1. The summed E-state index contributed by atoms with van der Waals surface area (Å²) in [5, 5.41) is 32.3. The number of benzene rings is 2. The predicted molar refractivity (Wildman–Crippen MR) is 295 cm³/mol. The predicted octanol–water partition coefficient (Wildman–Crippen LogP) is 11.2. The van der Waals surface area contributed by atoms with Crippen LogP contribution in [0.2, 0.25) is 10.0 Å². The molecule has 4 amide bonds. The largest absolute Gasteiger partial charge is 0.444 e. The van der Waals surface area contributed by atoms with Crippen LogP contribution in [0, 0.1) is 27.7 Å². The van der Waals surface area contributed by atoms with Gasteiger partial charge in [-0.25, -0.2) is 19.6 Å².